The number of carbonyl (C=O) groups excluding carboxylic acids is 2. The molecule has 5 nitrogen and oxygen atoms in total. The van der Waals surface area contributed by atoms with Crippen molar-refractivity contribution in [3.63, 3.8) is 0 Å². The normalized spacial score (nSPS) is 13.1. The van der Waals surface area contributed by atoms with Gasteiger partial charge in [0.05, 0.1) is 11.3 Å². The van der Waals surface area contributed by atoms with Crippen molar-refractivity contribution in [1.82, 2.24) is 10.6 Å². The number of benzene rings is 1. The Kier molecular flexibility index (Phi) is 8.06. The number of carbonyl (C=O) groups is 2. The molecule has 1 fully saturated rings. The highest BCUT2D eigenvalue weighted by Crippen LogP contribution is 2.33. The van der Waals surface area contributed by atoms with Crippen LogP contribution in [0.1, 0.15) is 36.5 Å². The van der Waals surface area contributed by atoms with Crippen molar-refractivity contribution in [2.75, 3.05) is 31.6 Å². The molecule has 1 saturated carbocycles. The molecule has 128 valence electrons. The molecule has 1 aliphatic carbocycles. The van der Waals surface area contributed by atoms with Crippen LogP contribution in [0, 0.1) is 5.92 Å². The maximum atomic E-state index is 12.3. The highest BCUT2D eigenvalue weighted by Gasteiger charge is 2.33. The van der Waals surface area contributed by atoms with Gasteiger partial charge in [0.25, 0.3) is 5.91 Å². The summed E-state index contributed by atoms with van der Waals surface area (Å²) in [7, 11) is 1.75. The minimum Gasteiger partial charge on any atom is -0.351 e. The second kappa shape index (κ2) is 9.53. The van der Waals surface area contributed by atoms with Crippen LogP contribution >= 0.6 is 12.4 Å². The highest BCUT2D eigenvalue weighted by atomic mass is 35.5. The number of halogens is 1. The van der Waals surface area contributed by atoms with Crippen molar-refractivity contribution in [2.24, 2.45) is 5.92 Å². The van der Waals surface area contributed by atoms with Crippen LogP contribution in [-0.2, 0) is 4.79 Å². The SMILES string of the molecule is CCCNCCNC(=O)c1ccccc1N(C)C(=O)C1CC1.Cl. The van der Waals surface area contributed by atoms with E-state index in [0.717, 1.165) is 32.4 Å². The molecule has 0 bridgehead atoms. The van der Waals surface area contributed by atoms with Gasteiger partial charge in [-0.25, -0.2) is 0 Å². The Hall–Kier alpha value is -1.59. The number of amides is 2. The molecule has 23 heavy (non-hydrogen) atoms. The molecule has 0 aromatic heterocycles. The number of hydrogen-bond acceptors (Lipinski definition) is 3. The molecule has 0 saturated heterocycles. The predicted octanol–water partition coefficient (Wildman–Crippen LogP) is 2.21. The average Bonchev–Trinajstić information content (AvgIpc) is 3.38. The zero-order chi connectivity index (χ0) is 15.9. The van der Waals surface area contributed by atoms with Gasteiger partial charge < -0.3 is 15.5 Å². The van der Waals surface area contributed by atoms with E-state index in [9.17, 15) is 9.59 Å². The fourth-order valence-electron chi connectivity index (χ4n) is 2.34. The van der Waals surface area contributed by atoms with E-state index in [1.807, 2.05) is 18.2 Å². The highest BCUT2D eigenvalue weighted by molar-refractivity contribution is 6.05. The molecule has 0 aliphatic heterocycles. The van der Waals surface area contributed by atoms with Crippen LogP contribution in [0.4, 0.5) is 5.69 Å². The summed E-state index contributed by atoms with van der Waals surface area (Å²) in [5.74, 6) is 0.105. The molecule has 1 aromatic rings. The van der Waals surface area contributed by atoms with Crippen LogP contribution < -0.4 is 15.5 Å². The van der Waals surface area contributed by atoms with E-state index in [1.54, 1.807) is 18.0 Å². The number of rotatable bonds is 8. The first kappa shape index (κ1) is 19.5. The van der Waals surface area contributed by atoms with E-state index >= 15 is 0 Å². The van der Waals surface area contributed by atoms with Crippen LogP contribution in [0.25, 0.3) is 0 Å². The Labute approximate surface area is 144 Å². The lowest BCUT2D eigenvalue weighted by molar-refractivity contribution is -0.119. The molecular formula is C17H26ClN3O2. The lowest BCUT2D eigenvalue weighted by Gasteiger charge is -2.20. The molecule has 0 unspecified atom stereocenters. The van der Waals surface area contributed by atoms with Gasteiger partial charge in [0.1, 0.15) is 0 Å². The molecule has 0 radical (unpaired) electrons. The molecule has 0 atom stereocenters. The Morgan fingerprint density at radius 3 is 2.52 bits per heavy atom. The van der Waals surface area contributed by atoms with Crippen molar-refractivity contribution >= 4 is 29.9 Å². The average molecular weight is 340 g/mol. The lowest BCUT2D eigenvalue weighted by Crippen LogP contribution is -2.34. The van der Waals surface area contributed by atoms with Crippen molar-refractivity contribution < 1.29 is 9.59 Å². The zero-order valence-corrected chi connectivity index (χ0v) is 14.6. The summed E-state index contributed by atoms with van der Waals surface area (Å²) in [5.41, 5.74) is 1.23. The van der Waals surface area contributed by atoms with Crippen LogP contribution in [0.2, 0.25) is 0 Å². The third-order valence-electron chi connectivity index (χ3n) is 3.78. The predicted molar refractivity (Wildman–Crippen MR) is 95.3 cm³/mol. The smallest absolute Gasteiger partial charge is 0.253 e. The molecular weight excluding hydrogens is 314 g/mol. The molecule has 2 rings (SSSR count). The number of nitrogens with zero attached hydrogens (tertiary/aromatic N) is 1. The first-order valence-corrected chi connectivity index (χ1v) is 8.00. The van der Waals surface area contributed by atoms with Crippen molar-refractivity contribution in [1.29, 1.82) is 0 Å². The van der Waals surface area contributed by atoms with Gasteiger partial charge in [0.15, 0.2) is 0 Å². The zero-order valence-electron chi connectivity index (χ0n) is 13.8. The molecule has 6 heteroatoms. The van der Waals surface area contributed by atoms with Crippen LogP contribution in [0.3, 0.4) is 0 Å². The topological polar surface area (TPSA) is 61.4 Å². The summed E-state index contributed by atoms with van der Waals surface area (Å²) < 4.78 is 0. The van der Waals surface area contributed by atoms with Gasteiger partial charge in [-0.3, -0.25) is 9.59 Å². The standard InChI is InChI=1S/C17H25N3O2.ClH/c1-3-10-18-11-12-19-16(21)14-6-4-5-7-15(14)20(2)17(22)13-8-9-13;/h4-7,13,18H,3,8-12H2,1-2H3,(H,19,21);1H. The van der Waals surface area contributed by atoms with Crippen LogP contribution in [0.15, 0.2) is 24.3 Å². The second-order valence-electron chi connectivity index (χ2n) is 5.69. The van der Waals surface area contributed by atoms with E-state index in [-0.39, 0.29) is 30.1 Å². The fourth-order valence-corrected chi connectivity index (χ4v) is 2.34. The van der Waals surface area contributed by atoms with Crippen molar-refractivity contribution in [3.05, 3.63) is 29.8 Å². The number of nitrogens with one attached hydrogen (secondary N) is 2. The largest absolute Gasteiger partial charge is 0.351 e. The molecule has 2 N–H and O–H groups in total. The summed E-state index contributed by atoms with van der Waals surface area (Å²) in [6.07, 6.45) is 2.99. The van der Waals surface area contributed by atoms with Crippen LogP contribution in [-0.4, -0.2) is 38.5 Å². The second-order valence-corrected chi connectivity index (χ2v) is 5.69. The third kappa shape index (κ3) is 5.52. The van der Waals surface area contributed by atoms with Crippen LogP contribution in [0.5, 0.6) is 0 Å². The minimum absolute atomic E-state index is 0. The van der Waals surface area contributed by atoms with Gasteiger partial charge in [-0.15, -0.1) is 12.4 Å². The van der Waals surface area contributed by atoms with E-state index in [0.29, 0.717) is 17.8 Å². The van der Waals surface area contributed by atoms with Gasteiger partial charge in [0, 0.05) is 26.1 Å². The fraction of sp³-hybridized carbons (Fsp3) is 0.529. The molecule has 2 amide bonds. The van der Waals surface area contributed by atoms with Gasteiger partial charge in [0.2, 0.25) is 5.91 Å². The van der Waals surface area contributed by atoms with Gasteiger partial charge >= 0.3 is 0 Å². The maximum Gasteiger partial charge on any atom is 0.253 e. The summed E-state index contributed by atoms with van der Waals surface area (Å²) in [6, 6.07) is 7.26. The van der Waals surface area contributed by atoms with Gasteiger partial charge in [-0.1, -0.05) is 19.1 Å². The van der Waals surface area contributed by atoms with E-state index in [4.69, 9.17) is 0 Å². The summed E-state index contributed by atoms with van der Waals surface area (Å²) >= 11 is 0. The van der Waals surface area contributed by atoms with E-state index in [1.165, 1.54) is 0 Å². The van der Waals surface area contributed by atoms with Gasteiger partial charge in [-0.2, -0.15) is 0 Å². The Morgan fingerprint density at radius 2 is 1.87 bits per heavy atom. The monoisotopic (exact) mass is 339 g/mol. The summed E-state index contributed by atoms with van der Waals surface area (Å²) in [6.45, 7) is 4.38. The number of anilines is 1. The minimum atomic E-state index is -0.135. The molecule has 0 spiro atoms. The van der Waals surface area contributed by atoms with Crippen molar-refractivity contribution in [2.45, 2.75) is 26.2 Å². The van der Waals surface area contributed by atoms with E-state index in [2.05, 4.69) is 17.6 Å². The Bertz CT molecular complexity index is 532. The lowest BCUT2D eigenvalue weighted by atomic mass is 10.1. The third-order valence-corrected chi connectivity index (χ3v) is 3.78. The summed E-state index contributed by atoms with van der Waals surface area (Å²) in [4.78, 5) is 26.1. The molecule has 0 heterocycles. The number of para-hydroxylation sites is 1. The van der Waals surface area contributed by atoms with E-state index < -0.39 is 0 Å². The molecule has 1 aromatic carbocycles. The van der Waals surface area contributed by atoms with Gasteiger partial charge in [-0.05, 0) is 37.9 Å². The Balaban J connectivity index is 0.00000264. The number of hydrogen-bond donors (Lipinski definition) is 2. The maximum absolute atomic E-state index is 12.3. The first-order valence-electron chi connectivity index (χ1n) is 8.00. The quantitative estimate of drug-likeness (QED) is 0.714. The first-order chi connectivity index (χ1) is 10.6. The summed E-state index contributed by atoms with van der Waals surface area (Å²) in [5, 5.41) is 6.14. The molecule has 1 aliphatic rings. The van der Waals surface area contributed by atoms with Crippen molar-refractivity contribution in [3.8, 4) is 0 Å². The Morgan fingerprint density at radius 1 is 1.17 bits per heavy atom.